The molecule has 0 amide bonds. The van der Waals surface area contributed by atoms with Crippen molar-refractivity contribution in [2.75, 3.05) is 6.61 Å². The standard InChI is InChI=1S/C18H22O2/c1-13(19)16-11-10-15-8-4-5-9-17(15)18(16)20-12-14-6-2-3-7-14/h4-5,8-11,13-14,19H,2-3,6-7,12H2,1H3. The molecule has 1 aliphatic carbocycles. The molecule has 1 atom stereocenters. The monoisotopic (exact) mass is 270 g/mol. The van der Waals surface area contributed by atoms with Crippen LogP contribution in [0.4, 0.5) is 0 Å². The second-order valence-electron chi connectivity index (χ2n) is 5.84. The molecule has 0 aromatic heterocycles. The van der Waals surface area contributed by atoms with Gasteiger partial charge in [-0.15, -0.1) is 0 Å². The molecule has 2 aromatic carbocycles. The SMILES string of the molecule is CC(O)c1ccc2ccccc2c1OCC1CCCC1. The van der Waals surface area contributed by atoms with E-state index in [1.54, 1.807) is 6.92 Å². The van der Waals surface area contributed by atoms with Gasteiger partial charge in [0.1, 0.15) is 5.75 Å². The van der Waals surface area contributed by atoms with E-state index in [1.807, 2.05) is 18.2 Å². The molecule has 0 radical (unpaired) electrons. The quantitative estimate of drug-likeness (QED) is 0.888. The highest BCUT2D eigenvalue weighted by molar-refractivity contribution is 5.89. The molecule has 1 saturated carbocycles. The number of fused-ring (bicyclic) bond motifs is 1. The Morgan fingerprint density at radius 3 is 2.65 bits per heavy atom. The van der Waals surface area contributed by atoms with Crippen LogP contribution in [0, 0.1) is 5.92 Å². The highest BCUT2D eigenvalue weighted by Gasteiger charge is 2.18. The molecule has 2 nitrogen and oxygen atoms in total. The van der Waals surface area contributed by atoms with Crippen molar-refractivity contribution in [1.82, 2.24) is 0 Å². The molecule has 0 spiro atoms. The maximum Gasteiger partial charge on any atom is 0.132 e. The minimum absolute atomic E-state index is 0.502. The average Bonchev–Trinajstić information content (AvgIpc) is 2.97. The number of aliphatic hydroxyl groups excluding tert-OH is 1. The van der Waals surface area contributed by atoms with E-state index in [4.69, 9.17) is 4.74 Å². The first-order chi connectivity index (χ1) is 9.75. The van der Waals surface area contributed by atoms with E-state index in [-0.39, 0.29) is 0 Å². The smallest absolute Gasteiger partial charge is 0.132 e. The van der Waals surface area contributed by atoms with Crippen molar-refractivity contribution < 1.29 is 9.84 Å². The van der Waals surface area contributed by atoms with Crippen LogP contribution < -0.4 is 4.74 Å². The first-order valence-electron chi connectivity index (χ1n) is 7.58. The summed E-state index contributed by atoms with van der Waals surface area (Å²) >= 11 is 0. The molecular formula is C18H22O2. The predicted molar refractivity (Wildman–Crippen MR) is 82.0 cm³/mol. The summed E-state index contributed by atoms with van der Waals surface area (Å²) in [5.74, 6) is 1.54. The van der Waals surface area contributed by atoms with Gasteiger partial charge < -0.3 is 9.84 Å². The first kappa shape index (κ1) is 13.4. The highest BCUT2D eigenvalue weighted by atomic mass is 16.5. The fourth-order valence-corrected chi connectivity index (χ4v) is 3.13. The summed E-state index contributed by atoms with van der Waals surface area (Å²) < 4.78 is 6.14. The van der Waals surface area contributed by atoms with Gasteiger partial charge in [0, 0.05) is 10.9 Å². The van der Waals surface area contributed by atoms with Crippen LogP contribution in [0.5, 0.6) is 5.75 Å². The van der Waals surface area contributed by atoms with Crippen molar-refractivity contribution in [3.05, 3.63) is 42.0 Å². The number of hydrogen-bond donors (Lipinski definition) is 1. The van der Waals surface area contributed by atoms with E-state index in [9.17, 15) is 5.11 Å². The van der Waals surface area contributed by atoms with Crippen molar-refractivity contribution in [2.24, 2.45) is 5.92 Å². The van der Waals surface area contributed by atoms with Gasteiger partial charge in [-0.25, -0.2) is 0 Å². The van der Waals surface area contributed by atoms with Crippen molar-refractivity contribution in [3.8, 4) is 5.75 Å². The van der Waals surface area contributed by atoms with Gasteiger partial charge in [-0.1, -0.05) is 49.2 Å². The Morgan fingerprint density at radius 2 is 1.90 bits per heavy atom. The van der Waals surface area contributed by atoms with Gasteiger partial charge in [0.05, 0.1) is 12.7 Å². The zero-order valence-electron chi connectivity index (χ0n) is 12.0. The Hall–Kier alpha value is -1.54. The van der Waals surface area contributed by atoms with Gasteiger partial charge in [-0.2, -0.15) is 0 Å². The molecule has 1 N–H and O–H groups in total. The molecule has 0 bridgehead atoms. The molecule has 2 heteroatoms. The Labute approximate surface area is 120 Å². The summed E-state index contributed by atoms with van der Waals surface area (Å²) in [6.45, 7) is 2.57. The third kappa shape index (κ3) is 2.66. The fourth-order valence-electron chi connectivity index (χ4n) is 3.13. The lowest BCUT2D eigenvalue weighted by Crippen LogP contribution is -2.10. The largest absolute Gasteiger partial charge is 0.492 e. The van der Waals surface area contributed by atoms with E-state index in [2.05, 4.69) is 18.2 Å². The van der Waals surface area contributed by atoms with Crippen LogP contribution in [-0.4, -0.2) is 11.7 Å². The van der Waals surface area contributed by atoms with Crippen LogP contribution in [0.3, 0.4) is 0 Å². The van der Waals surface area contributed by atoms with Gasteiger partial charge in [0.15, 0.2) is 0 Å². The maximum atomic E-state index is 9.98. The van der Waals surface area contributed by atoms with Crippen LogP contribution in [0.2, 0.25) is 0 Å². The summed E-state index contributed by atoms with van der Waals surface area (Å²) in [6, 6.07) is 12.3. The van der Waals surface area contributed by atoms with Crippen molar-refractivity contribution in [3.63, 3.8) is 0 Å². The Morgan fingerprint density at radius 1 is 1.15 bits per heavy atom. The van der Waals surface area contributed by atoms with Gasteiger partial charge in [-0.05, 0) is 31.1 Å². The van der Waals surface area contributed by atoms with Crippen molar-refractivity contribution >= 4 is 10.8 Å². The van der Waals surface area contributed by atoms with Crippen molar-refractivity contribution in [1.29, 1.82) is 0 Å². The second kappa shape index (κ2) is 5.84. The zero-order chi connectivity index (χ0) is 13.9. The third-order valence-corrected chi connectivity index (χ3v) is 4.30. The summed E-state index contributed by atoms with van der Waals surface area (Å²) in [5.41, 5.74) is 0.890. The van der Waals surface area contributed by atoms with E-state index in [0.717, 1.165) is 23.3 Å². The Bertz CT molecular complexity index is 583. The molecule has 1 fully saturated rings. The van der Waals surface area contributed by atoms with Crippen LogP contribution in [0.1, 0.15) is 44.3 Å². The van der Waals surface area contributed by atoms with Crippen LogP contribution in [-0.2, 0) is 0 Å². The molecule has 0 heterocycles. The fraction of sp³-hybridized carbons (Fsp3) is 0.444. The minimum atomic E-state index is -0.502. The summed E-state index contributed by atoms with van der Waals surface area (Å²) in [5, 5.41) is 12.2. The zero-order valence-corrected chi connectivity index (χ0v) is 12.0. The van der Waals surface area contributed by atoms with Crippen LogP contribution in [0.25, 0.3) is 10.8 Å². The minimum Gasteiger partial charge on any atom is -0.492 e. The van der Waals surface area contributed by atoms with E-state index < -0.39 is 6.10 Å². The van der Waals surface area contributed by atoms with Crippen molar-refractivity contribution in [2.45, 2.75) is 38.7 Å². The number of hydrogen-bond acceptors (Lipinski definition) is 2. The molecule has 1 aliphatic rings. The Balaban J connectivity index is 1.94. The summed E-state index contributed by atoms with van der Waals surface area (Å²) in [7, 11) is 0. The third-order valence-electron chi connectivity index (χ3n) is 4.30. The Kier molecular flexibility index (Phi) is 3.93. The molecule has 106 valence electrons. The van der Waals surface area contributed by atoms with E-state index in [0.29, 0.717) is 5.92 Å². The normalized spacial score (nSPS) is 17.5. The molecule has 2 aromatic rings. The lowest BCUT2D eigenvalue weighted by molar-refractivity contribution is 0.187. The predicted octanol–water partition coefficient (Wildman–Crippen LogP) is 4.46. The number of rotatable bonds is 4. The van der Waals surface area contributed by atoms with Gasteiger partial charge >= 0.3 is 0 Å². The molecule has 1 unspecified atom stereocenters. The topological polar surface area (TPSA) is 29.5 Å². The molecule has 0 aliphatic heterocycles. The number of ether oxygens (including phenoxy) is 1. The molecule has 0 saturated heterocycles. The van der Waals surface area contributed by atoms with Gasteiger partial charge in [-0.3, -0.25) is 0 Å². The van der Waals surface area contributed by atoms with Gasteiger partial charge in [0.25, 0.3) is 0 Å². The maximum absolute atomic E-state index is 9.98. The summed E-state index contributed by atoms with van der Waals surface area (Å²) in [6.07, 6.45) is 4.70. The van der Waals surface area contributed by atoms with Gasteiger partial charge in [0.2, 0.25) is 0 Å². The number of aliphatic hydroxyl groups is 1. The lowest BCUT2D eigenvalue weighted by atomic mass is 10.0. The molecule has 20 heavy (non-hydrogen) atoms. The lowest BCUT2D eigenvalue weighted by Gasteiger charge is -2.18. The summed E-state index contributed by atoms with van der Waals surface area (Å²) in [4.78, 5) is 0. The highest BCUT2D eigenvalue weighted by Crippen LogP contribution is 2.35. The molecule has 3 rings (SSSR count). The average molecular weight is 270 g/mol. The number of benzene rings is 2. The van der Waals surface area contributed by atoms with Crippen LogP contribution in [0.15, 0.2) is 36.4 Å². The second-order valence-corrected chi connectivity index (χ2v) is 5.84. The molecular weight excluding hydrogens is 248 g/mol. The first-order valence-corrected chi connectivity index (χ1v) is 7.58. The van der Waals surface area contributed by atoms with E-state index >= 15 is 0 Å². The van der Waals surface area contributed by atoms with Crippen LogP contribution >= 0.6 is 0 Å². The van der Waals surface area contributed by atoms with E-state index in [1.165, 1.54) is 31.1 Å².